The molecule has 1 aliphatic heterocycles. The van der Waals surface area contributed by atoms with Crippen molar-refractivity contribution in [3.63, 3.8) is 0 Å². The summed E-state index contributed by atoms with van der Waals surface area (Å²) in [6.07, 6.45) is 2.39. The molecule has 0 bridgehead atoms. The number of aromatic carboxylic acids is 1. The second-order valence-corrected chi connectivity index (χ2v) is 9.90. The van der Waals surface area contributed by atoms with Crippen LogP contribution in [0.15, 0.2) is 6.33 Å². The molecular formula is C21H25Cl2N7O4S. The van der Waals surface area contributed by atoms with Crippen LogP contribution in [0.3, 0.4) is 0 Å². The molecule has 0 spiro atoms. The number of amides is 1. The number of carbonyl (C=O) groups excluding carboxylic acids is 1. The van der Waals surface area contributed by atoms with Gasteiger partial charge in [0, 0.05) is 32.4 Å². The first-order valence-electron chi connectivity index (χ1n) is 11.0. The van der Waals surface area contributed by atoms with E-state index in [1.807, 2.05) is 11.8 Å². The number of aromatic nitrogens is 5. The third-order valence-electron chi connectivity index (χ3n) is 5.70. The largest absolute Gasteiger partial charge is 0.477 e. The van der Waals surface area contributed by atoms with E-state index in [0.717, 1.165) is 17.8 Å². The molecule has 1 aliphatic rings. The van der Waals surface area contributed by atoms with Gasteiger partial charge in [0.05, 0.1) is 22.2 Å². The minimum atomic E-state index is -1.08. The lowest BCUT2D eigenvalue weighted by Gasteiger charge is -2.38. The van der Waals surface area contributed by atoms with E-state index in [-0.39, 0.29) is 39.3 Å². The fourth-order valence-electron chi connectivity index (χ4n) is 3.91. The highest BCUT2D eigenvalue weighted by Crippen LogP contribution is 2.34. The van der Waals surface area contributed by atoms with E-state index >= 15 is 0 Å². The molecule has 0 radical (unpaired) electrons. The SMILES string of the molecule is CCCO[C@H]1CN(c2nc(-c3ncnn3C)c(C(=O)O)s2)CC[C@H]1NC(=O)c1[nH]c(C)c(Cl)c1Cl. The third-order valence-corrected chi connectivity index (χ3v) is 7.75. The Kier molecular flexibility index (Phi) is 7.64. The number of hydrogen-bond acceptors (Lipinski definition) is 8. The average molecular weight is 542 g/mol. The topological polar surface area (TPSA) is 138 Å². The summed E-state index contributed by atoms with van der Waals surface area (Å²) < 4.78 is 7.56. The van der Waals surface area contributed by atoms with Crippen LogP contribution >= 0.6 is 34.5 Å². The lowest BCUT2D eigenvalue weighted by atomic mass is 10.0. The lowest BCUT2D eigenvalue weighted by molar-refractivity contribution is 0.0205. The summed E-state index contributed by atoms with van der Waals surface area (Å²) in [6.45, 7) is 5.23. The van der Waals surface area contributed by atoms with Gasteiger partial charge >= 0.3 is 5.97 Å². The number of halogens is 2. The molecule has 35 heavy (non-hydrogen) atoms. The van der Waals surface area contributed by atoms with Crippen LogP contribution in [0.4, 0.5) is 5.13 Å². The maximum atomic E-state index is 12.9. The molecule has 0 unspecified atom stereocenters. The van der Waals surface area contributed by atoms with Crippen molar-refractivity contribution in [2.45, 2.75) is 38.8 Å². The number of ether oxygens (including phenoxy) is 1. The Labute approximate surface area is 215 Å². The van der Waals surface area contributed by atoms with E-state index in [2.05, 4.69) is 25.4 Å². The highest BCUT2D eigenvalue weighted by Gasteiger charge is 2.34. The van der Waals surface area contributed by atoms with Crippen LogP contribution in [0.1, 0.15) is 45.6 Å². The minimum absolute atomic E-state index is 0.0891. The van der Waals surface area contributed by atoms with Crippen molar-refractivity contribution in [2.24, 2.45) is 7.05 Å². The lowest BCUT2D eigenvalue weighted by Crippen LogP contribution is -2.55. The zero-order valence-electron chi connectivity index (χ0n) is 19.3. The van der Waals surface area contributed by atoms with E-state index in [1.54, 1.807) is 14.0 Å². The smallest absolute Gasteiger partial charge is 0.348 e. The predicted molar refractivity (Wildman–Crippen MR) is 133 cm³/mol. The highest BCUT2D eigenvalue weighted by atomic mass is 35.5. The van der Waals surface area contributed by atoms with Crippen LogP contribution in [0.25, 0.3) is 11.5 Å². The molecule has 14 heteroatoms. The summed E-state index contributed by atoms with van der Waals surface area (Å²) >= 11 is 13.4. The van der Waals surface area contributed by atoms with Crippen molar-refractivity contribution in [3.8, 4) is 11.5 Å². The number of aromatic amines is 1. The second kappa shape index (κ2) is 10.5. The van der Waals surface area contributed by atoms with E-state index in [0.29, 0.717) is 47.8 Å². The molecule has 4 heterocycles. The molecule has 0 aliphatic carbocycles. The number of aryl methyl sites for hydroxylation is 2. The molecule has 1 fully saturated rings. The number of carboxylic acid groups (broad SMARTS) is 1. The molecule has 3 aromatic heterocycles. The molecule has 2 atom stereocenters. The van der Waals surface area contributed by atoms with Gasteiger partial charge in [-0.25, -0.2) is 19.4 Å². The molecule has 0 saturated carbocycles. The Bertz CT molecular complexity index is 1240. The monoisotopic (exact) mass is 541 g/mol. The molecule has 4 rings (SSSR count). The first-order chi connectivity index (χ1) is 16.7. The van der Waals surface area contributed by atoms with Gasteiger partial charge in [-0.15, -0.1) is 0 Å². The van der Waals surface area contributed by atoms with Gasteiger partial charge in [0.2, 0.25) is 0 Å². The van der Waals surface area contributed by atoms with Crippen molar-refractivity contribution < 1.29 is 19.4 Å². The van der Waals surface area contributed by atoms with Crippen LogP contribution in [0.2, 0.25) is 10.0 Å². The third kappa shape index (κ3) is 5.15. The van der Waals surface area contributed by atoms with Crippen LogP contribution in [0.5, 0.6) is 0 Å². The molecule has 188 valence electrons. The Morgan fingerprint density at radius 3 is 2.74 bits per heavy atom. The summed E-state index contributed by atoms with van der Waals surface area (Å²) in [5.74, 6) is -1.06. The first-order valence-corrected chi connectivity index (χ1v) is 12.6. The molecule has 11 nitrogen and oxygen atoms in total. The van der Waals surface area contributed by atoms with Crippen LogP contribution < -0.4 is 10.2 Å². The van der Waals surface area contributed by atoms with E-state index < -0.39 is 5.97 Å². The van der Waals surface area contributed by atoms with Crippen LogP contribution in [-0.2, 0) is 11.8 Å². The van der Waals surface area contributed by atoms with Crippen molar-refractivity contribution in [2.75, 3.05) is 24.6 Å². The summed E-state index contributed by atoms with van der Waals surface area (Å²) in [7, 11) is 1.68. The number of thiazole rings is 1. The molecule has 3 aromatic rings. The van der Waals surface area contributed by atoms with Gasteiger partial charge in [0.25, 0.3) is 5.91 Å². The van der Waals surface area contributed by atoms with Gasteiger partial charge in [-0.2, -0.15) is 5.10 Å². The molecule has 3 N–H and O–H groups in total. The molecular weight excluding hydrogens is 517 g/mol. The van der Waals surface area contributed by atoms with Crippen LogP contribution in [0, 0.1) is 6.92 Å². The number of carboxylic acids is 1. The zero-order valence-corrected chi connectivity index (χ0v) is 21.7. The first kappa shape index (κ1) is 25.4. The van der Waals surface area contributed by atoms with E-state index in [4.69, 9.17) is 27.9 Å². The Morgan fingerprint density at radius 1 is 1.37 bits per heavy atom. The number of H-pyrrole nitrogens is 1. The molecule has 1 saturated heterocycles. The zero-order chi connectivity index (χ0) is 25.3. The van der Waals surface area contributed by atoms with Gasteiger partial charge in [0.1, 0.15) is 22.6 Å². The number of nitrogens with one attached hydrogen (secondary N) is 2. The van der Waals surface area contributed by atoms with Gasteiger partial charge in [-0.3, -0.25) is 4.79 Å². The standard InChI is InChI=1S/C21H25Cl2N7O4S/c1-4-7-34-12-8-30(6-5-11(12)27-19(31)15-14(23)13(22)10(2)26-15)21-28-16(17(35-21)20(32)33)18-24-9-25-29(18)3/h9,11-12,26H,4-8H2,1-3H3,(H,27,31)(H,32,33)/t11-,12+/m1/s1. The molecule has 1 amide bonds. The minimum Gasteiger partial charge on any atom is -0.477 e. The fourth-order valence-corrected chi connectivity index (χ4v) is 5.27. The van der Waals surface area contributed by atoms with Crippen molar-refractivity contribution >= 4 is 51.5 Å². The Balaban J connectivity index is 1.55. The summed E-state index contributed by atoms with van der Waals surface area (Å²) in [4.78, 5) is 38.5. The number of nitrogens with zero attached hydrogens (tertiary/aromatic N) is 5. The maximum Gasteiger partial charge on any atom is 0.348 e. The van der Waals surface area contributed by atoms with E-state index in [1.165, 1.54) is 11.0 Å². The summed E-state index contributed by atoms with van der Waals surface area (Å²) in [5, 5.41) is 17.8. The van der Waals surface area contributed by atoms with Gasteiger partial charge < -0.3 is 25.0 Å². The number of piperidine rings is 1. The second-order valence-electron chi connectivity index (χ2n) is 8.16. The number of hydrogen-bond donors (Lipinski definition) is 3. The Morgan fingerprint density at radius 2 is 2.14 bits per heavy atom. The predicted octanol–water partition coefficient (Wildman–Crippen LogP) is 3.38. The normalized spacial score (nSPS) is 18.1. The summed E-state index contributed by atoms with van der Waals surface area (Å²) in [5.41, 5.74) is 1.10. The molecule has 0 aromatic carbocycles. The summed E-state index contributed by atoms with van der Waals surface area (Å²) in [6, 6.07) is -0.277. The maximum absolute atomic E-state index is 12.9. The van der Waals surface area contributed by atoms with Gasteiger partial charge in [0.15, 0.2) is 11.0 Å². The Hall–Kier alpha value is -2.67. The van der Waals surface area contributed by atoms with Gasteiger partial charge in [-0.05, 0) is 19.8 Å². The van der Waals surface area contributed by atoms with Crippen molar-refractivity contribution in [1.82, 2.24) is 30.0 Å². The quantitative estimate of drug-likeness (QED) is 0.394. The average Bonchev–Trinajstić information content (AvgIpc) is 3.52. The van der Waals surface area contributed by atoms with E-state index in [9.17, 15) is 14.7 Å². The highest BCUT2D eigenvalue weighted by molar-refractivity contribution is 7.17. The number of anilines is 1. The van der Waals surface area contributed by atoms with Crippen molar-refractivity contribution in [1.29, 1.82) is 0 Å². The number of carbonyl (C=O) groups is 2. The fraction of sp³-hybridized carbons (Fsp3) is 0.476. The van der Waals surface area contributed by atoms with Gasteiger partial charge in [-0.1, -0.05) is 41.5 Å². The number of rotatable bonds is 8. The van der Waals surface area contributed by atoms with Crippen molar-refractivity contribution in [3.05, 3.63) is 32.6 Å². The van der Waals surface area contributed by atoms with Crippen LogP contribution in [-0.4, -0.2) is 73.6 Å².